The summed E-state index contributed by atoms with van der Waals surface area (Å²) in [4.78, 5) is 49.0. The Labute approximate surface area is 254 Å². The van der Waals surface area contributed by atoms with Gasteiger partial charge >= 0.3 is 18.3 Å². The molecule has 42 heavy (non-hydrogen) atoms. The van der Waals surface area contributed by atoms with E-state index in [4.69, 9.17) is 18.9 Å². The van der Waals surface area contributed by atoms with Crippen LogP contribution in [0.3, 0.4) is 0 Å². The predicted molar refractivity (Wildman–Crippen MR) is 164 cm³/mol. The van der Waals surface area contributed by atoms with E-state index in [0.717, 1.165) is 17.3 Å². The Morgan fingerprint density at radius 3 is 1.74 bits per heavy atom. The van der Waals surface area contributed by atoms with Gasteiger partial charge in [-0.2, -0.15) is 0 Å². The van der Waals surface area contributed by atoms with E-state index < -0.39 is 41.1 Å². The number of nitrogens with one attached hydrogen (secondary N) is 3. The van der Waals surface area contributed by atoms with E-state index in [1.807, 2.05) is 12.1 Å². The first kappa shape index (κ1) is 36.9. The number of hydrogen-bond donors (Lipinski definition) is 3. The minimum absolute atomic E-state index is 0.186. The molecule has 0 heterocycles. The molecule has 0 bridgehead atoms. The molecular weight excluding hydrogens is 562 g/mol. The molecule has 0 aromatic heterocycles. The number of thioether (sulfide) groups is 1. The van der Waals surface area contributed by atoms with E-state index in [9.17, 15) is 19.2 Å². The standard InChI is InChI=1S/C30H49N3O8S/c1-28(2,3)39-25(35)31-17-11-10-12-23(33-27(37)41-30(7,8)9)24(34)42-20-21-13-15-22(16-14-21)38-19-18-32-26(36)40-29(4,5)6/h13-16,23H,10-12,17-20H2,1-9H3,(H,31,35)(H,32,36)(H,33,37)/t23-/m0/s1. The molecule has 0 aliphatic carbocycles. The minimum atomic E-state index is -0.744. The van der Waals surface area contributed by atoms with E-state index in [-0.39, 0.29) is 11.7 Å². The highest BCUT2D eigenvalue weighted by atomic mass is 32.2. The summed E-state index contributed by atoms with van der Waals surface area (Å²) < 4.78 is 21.4. The first-order chi connectivity index (χ1) is 19.3. The zero-order chi connectivity index (χ0) is 32.0. The zero-order valence-electron chi connectivity index (χ0n) is 26.5. The summed E-state index contributed by atoms with van der Waals surface area (Å²) >= 11 is 1.11. The van der Waals surface area contributed by atoms with Crippen LogP contribution in [-0.4, -0.2) is 65.9 Å². The Kier molecular flexibility index (Phi) is 15.0. The van der Waals surface area contributed by atoms with Crippen molar-refractivity contribution < 1.29 is 38.1 Å². The SMILES string of the molecule is CC(C)(C)OC(=O)NCCCC[C@H](NC(=O)OC(C)(C)C)C(=O)SCc1ccc(OCCNC(=O)OC(C)(C)C)cc1. The lowest BCUT2D eigenvalue weighted by molar-refractivity contribution is -0.113. The van der Waals surface area contributed by atoms with Crippen molar-refractivity contribution in [2.24, 2.45) is 0 Å². The predicted octanol–water partition coefficient (Wildman–Crippen LogP) is 5.94. The summed E-state index contributed by atoms with van der Waals surface area (Å²) in [5, 5.41) is 7.84. The highest BCUT2D eigenvalue weighted by Gasteiger charge is 2.25. The Morgan fingerprint density at radius 1 is 0.714 bits per heavy atom. The van der Waals surface area contributed by atoms with Crippen molar-refractivity contribution >= 4 is 35.2 Å². The van der Waals surface area contributed by atoms with E-state index in [2.05, 4.69) is 16.0 Å². The smallest absolute Gasteiger partial charge is 0.408 e. The van der Waals surface area contributed by atoms with Gasteiger partial charge in [-0.05, 0) is 99.3 Å². The normalized spacial score (nSPS) is 12.5. The fourth-order valence-electron chi connectivity index (χ4n) is 3.25. The van der Waals surface area contributed by atoms with E-state index in [1.54, 1.807) is 74.4 Å². The number of hydrogen-bond acceptors (Lipinski definition) is 9. The molecule has 0 spiro atoms. The fourth-order valence-corrected chi connectivity index (χ4v) is 4.13. The second-order valence-electron chi connectivity index (χ2n) is 12.7. The molecule has 1 rings (SSSR count). The first-order valence-corrected chi connectivity index (χ1v) is 15.1. The van der Waals surface area contributed by atoms with Crippen LogP contribution in [0.1, 0.15) is 87.1 Å². The number of carbonyl (C=O) groups excluding carboxylic acids is 4. The van der Waals surface area contributed by atoms with Crippen LogP contribution < -0.4 is 20.7 Å². The van der Waals surface area contributed by atoms with Crippen LogP contribution in [0.15, 0.2) is 24.3 Å². The number of amides is 3. The van der Waals surface area contributed by atoms with Crippen LogP contribution in [0.2, 0.25) is 0 Å². The van der Waals surface area contributed by atoms with Crippen LogP contribution in [-0.2, 0) is 24.8 Å². The van der Waals surface area contributed by atoms with Crippen molar-refractivity contribution in [1.29, 1.82) is 0 Å². The maximum absolute atomic E-state index is 13.1. The average Bonchev–Trinajstić information content (AvgIpc) is 2.81. The van der Waals surface area contributed by atoms with Gasteiger partial charge in [-0.3, -0.25) is 4.79 Å². The molecule has 1 aromatic carbocycles. The Hall–Kier alpha value is -3.15. The molecule has 1 atom stereocenters. The van der Waals surface area contributed by atoms with Crippen molar-refractivity contribution in [2.75, 3.05) is 19.7 Å². The van der Waals surface area contributed by atoms with Gasteiger partial charge < -0.3 is 34.9 Å². The van der Waals surface area contributed by atoms with Gasteiger partial charge in [0.2, 0.25) is 5.12 Å². The van der Waals surface area contributed by atoms with E-state index in [1.165, 1.54) is 0 Å². The summed E-state index contributed by atoms with van der Waals surface area (Å²) in [5.74, 6) is 1.04. The first-order valence-electron chi connectivity index (χ1n) is 14.1. The summed E-state index contributed by atoms with van der Waals surface area (Å²) in [7, 11) is 0. The quantitative estimate of drug-likeness (QED) is 0.183. The molecule has 1 aromatic rings. The van der Waals surface area contributed by atoms with Crippen molar-refractivity contribution in [1.82, 2.24) is 16.0 Å². The molecule has 3 amide bonds. The van der Waals surface area contributed by atoms with E-state index >= 15 is 0 Å². The molecule has 0 unspecified atom stereocenters. The molecule has 0 fully saturated rings. The molecule has 0 aliphatic rings. The van der Waals surface area contributed by atoms with Crippen LogP contribution in [0.4, 0.5) is 14.4 Å². The van der Waals surface area contributed by atoms with Gasteiger partial charge in [0.15, 0.2) is 0 Å². The fraction of sp³-hybridized carbons (Fsp3) is 0.667. The number of carbonyl (C=O) groups is 4. The lowest BCUT2D eigenvalue weighted by Crippen LogP contribution is -2.42. The third kappa shape index (κ3) is 19.1. The van der Waals surface area contributed by atoms with Crippen molar-refractivity contribution in [3.63, 3.8) is 0 Å². The molecule has 0 saturated heterocycles. The summed E-state index contributed by atoms with van der Waals surface area (Å²) in [6.07, 6.45) is -0.0522. The second-order valence-corrected chi connectivity index (χ2v) is 13.6. The molecule has 3 N–H and O–H groups in total. The van der Waals surface area contributed by atoms with Crippen LogP contribution >= 0.6 is 11.8 Å². The molecule has 0 saturated carbocycles. The van der Waals surface area contributed by atoms with Gasteiger partial charge in [-0.1, -0.05) is 23.9 Å². The third-order valence-electron chi connectivity index (χ3n) is 4.91. The number of benzene rings is 1. The topological polar surface area (TPSA) is 141 Å². The lowest BCUT2D eigenvalue weighted by atomic mass is 10.1. The number of rotatable bonds is 13. The van der Waals surface area contributed by atoms with E-state index in [0.29, 0.717) is 43.9 Å². The van der Waals surface area contributed by atoms with Gasteiger partial charge in [0.05, 0.1) is 6.54 Å². The van der Waals surface area contributed by atoms with Gasteiger partial charge in [-0.25, -0.2) is 14.4 Å². The minimum Gasteiger partial charge on any atom is -0.492 e. The number of unbranched alkanes of at least 4 members (excludes halogenated alkanes) is 1. The molecule has 0 aliphatic heterocycles. The third-order valence-corrected chi connectivity index (χ3v) is 5.95. The molecule has 12 heteroatoms. The number of ether oxygens (including phenoxy) is 4. The van der Waals surface area contributed by atoms with Gasteiger partial charge in [0.1, 0.15) is 35.2 Å². The van der Waals surface area contributed by atoms with Gasteiger partial charge in [0.25, 0.3) is 0 Å². The Bertz CT molecular complexity index is 1010. The van der Waals surface area contributed by atoms with Crippen LogP contribution in [0.25, 0.3) is 0 Å². The monoisotopic (exact) mass is 611 g/mol. The highest BCUT2D eigenvalue weighted by Crippen LogP contribution is 2.20. The Balaban J connectivity index is 2.56. The maximum atomic E-state index is 13.1. The van der Waals surface area contributed by atoms with Gasteiger partial charge in [0, 0.05) is 12.3 Å². The Morgan fingerprint density at radius 2 is 1.21 bits per heavy atom. The van der Waals surface area contributed by atoms with Crippen molar-refractivity contribution in [3.05, 3.63) is 29.8 Å². The summed E-state index contributed by atoms with van der Waals surface area (Å²) in [6.45, 7) is 17.0. The highest BCUT2D eigenvalue weighted by molar-refractivity contribution is 8.13. The zero-order valence-corrected chi connectivity index (χ0v) is 27.3. The molecular formula is C30H49N3O8S. The van der Waals surface area contributed by atoms with Crippen LogP contribution in [0.5, 0.6) is 5.75 Å². The van der Waals surface area contributed by atoms with Crippen molar-refractivity contribution in [2.45, 2.75) is 110 Å². The number of alkyl carbamates (subject to hydrolysis) is 3. The summed E-state index contributed by atoms with van der Waals surface area (Å²) in [6, 6.07) is 6.56. The second kappa shape index (κ2) is 17.1. The molecule has 11 nitrogen and oxygen atoms in total. The molecule has 238 valence electrons. The van der Waals surface area contributed by atoms with Crippen LogP contribution in [0, 0.1) is 0 Å². The molecule has 0 radical (unpaired) electrons. The maximum Gasteiger partial charge on any atom is 0.408 e. The lowest BCUT2D eigenvalue weighted by Gasteiger charge is -2.23. The largest absolute Gasteiger partial charge is 0.492 e. The van der Waals surface area contributed by atoms with Gasteiger partial charge in [-0.15, -0.1) is 0 Å². The average molecular weight is 612 g/mol. The van der Waals surface area contributed by atoms with Crippen molar-refractivity contribution in [3.8, 4) is 5.75 Å². The summed E-state index contributed by atoms with van der Waals surface area (Å²) in [5.41, 5.74) is -0.931.